The Bertz CT molecular complexity index is 1470. The van der Waals surface area contributed by atoms with Gasteiger partial charge in [-0.25, -0.2) is 4.39 Å². The van der Waals surface area contributed by atoms with Gasteiger partial charge >= 0.3 is 6.18 Å². The van der Waals surface area contributed by atoms with Crippen molar-refractivity contribution in [3.8, 4) is 5.75 Å². The minimum absolute atomic E-state index is 0.00463. The van der Waals surface area contributed by atoms with Crippen LogP contribution in [0, 0.1) is 6.92 Å². The number of amides is 3. The molecule has 4 rings (SSSR count). The summed E-state index contributed by atoms with van der Waals surface area (Å²) < 4.78 is 54.7. The number of phenols is 1. The zero-order valence-electron chi connectivity index (χ0n) is 23.1. The molecule has 1 aliphatic rings. The number of alkyl halides is 4. The van der Waals surface area contributed by atoms with Crippen molar-refractivity contribution in [1.82, 2.24) is 15.5 Å². The van der Waals surface area contributed by atoms with Crippen LogP contribution < -0.4 is 10.6 Å². The lowest BCUT2D eigenvalue weighted by Crippen LogP contribution is -2.55. The average molecular weight is 602 g/mol. The number of aliphatic hydroxyl groups is 1. The van der Waals surface area contributed by atoms with Crippen LogP contribution >= 0.6 is 0 Å². The van der Waals surface area contributed by atoms with Crippen molar-refractivity contribution in [2.45, 2.75) is 56.8 Å². The van der Waals surface area contributed by atoms with Gasteiger partial charge in [-0.3, -0.25) is 14.4 Å². The van der Waals surface area contributed by atoms with E-state index < -0.39 is 73.3 Å². The molecule has 0 aliphatic carbocycles. The molecular formula is C31H31F4N3O5. The summed E-state index contributed by atoms with van der Waals surface area (Å²) in [6.45, 7) is 0.493. The second-order valence-electron chi connectivity index (χ2n) is 10.4. The molecule has 1 heterocycles. The second-order valence-corrected chi connectivity index (χ2v) is 10.4. The number of benzene rings is 3. The smallest absolute Gasteiger partial charge is 0.416 e. The molecule has 0 radical (unpaired) electrons. The molecule has 3 aromatic carbocycles. The molecule has 228 valence electrons. The van der Waals surface area contributed by atoms with E-state index in [-0.39, 0.29) is 28.9 Å². The van der Waals surface area contributed by atoms with E-state index in [2.05, 4.69) is 10.6 Å². The molecule has 4 atom stereocenters. The lowest BCUT2D eigenvalue weighted by atomic mass is 9.98. The molecule has 3 aromatic rings. The van der Waals surface area contributed by atoms with Crippen LogP contribution in [0.3, 0.4) is 0 Å². The monoisotopic (exact) mass is 601 g/mol. The number of likely N-dealkylation sites (tertiary alicyclic amines) is 1. The van der Waals surface area contributed by atoms with E-state index in [0.717, 1.165) is 11.0 Å². The summed E-state index contributed by atoms with van der Waals surface area (Å²) in [6.07, 6.45) is -8.60. The Morgan fingerprint density at radius 2 is 1.67 bits per heavy atom. The van der Waals surface area contributed by atoms with Crippen molar-refractivity contribution < 1.29 is 42.2 Å². The Morgan fingerprint density at radius 3 is 2.37 bits per heavy atom. The van der Waals surface area contributed by atoms with Crippen molar-refractivity contribution in [3.63, 3.8) is 0 Å². The van der Waals surface area contributed by atoms with E-state index >= 15 is 0 Å². The third kappa shape index (κ3) is 7.50. The fourth-order valence-corrected chi connectivity index (χ4v) is 5.10. The van der Waals surface area contributed by atoms with Crippen LogP contribution in [0.2, 0.25) is 0 Å². The molecule has 0 saturated carbocycles. The normalized spacial score (nSPS) is 18.1. The number of aliphatic hydroxyl groups excluding tert-OH is 1. The Balaban J connectivity index is 1.53. The van der Waals surface area contributed by atoms with Crippen molar-refractivity contribution in [2.75, 3.05) is 6.54 Å². The van der Waals surface area contributed by atoms with E-state index in [0.29, 0.717) is 5.56 Å². The third-order valence-electron chi connectivity index (χ3n) is 7.41. The molecule has 0 spiro atoms. The highest BCUT2D eigenvalue weighted by Crippen LogP contribution is 2.32. The topological polar surface area (TPSA) is 119 Å². The van der Waals surface area contributed by atoms with Gasteiger partial charge in [0.25, 0.3) is 11.8 Å². The van der Waals surface area contributed by atoms with Crippen molar-refractivity contribution in [2.24, 2.45) is 0 Å². The van der Waals surface area contributed by atoms with Crippen LogP contribution in [0.1, 0.15) is 39.0 Å². The predicted octanol–water partition coefficient (Wildman–Crippen LogP) is 3.68. The second kappa shape index (κ2) is 13.2. The van der Waals surface area contributed by atoms with E-state index in [4.69, 9.17) is 0 Å². The lowest BCUT2D eigenvalue weighted by Gasteiger charge is -2.30. The first-order chi connectivity index (χ1) is 20.4. The van der Waals surface area contributed by atoms with Crippen LogP contribution in [0.4, 0.5) is 17.6 Å². The zero-order chi connectivity index (χ0) is 31.3. The van der Waals surface area contributed by atoms with Gasteiger partial charge in [-0.05, 0) is 42.7 Å². The third-order valence-corrected chi connectivity index (χ3v) is 7.41. The average Bonchev–Trinajstić information content (AvgIpc) is 3.38. The maximum Gasteiger partial charge on any atom is 0.416 e. The molecule has 0 aromatic heterocycles. The molecule has 1 saturated heterocycles. The summed E-state index contributed by atoms with van der Waals surface area (Å²) in [5.41, 5.74) is -0.0874. The van der Waals surface area contributed by atoms with Crippen LogP contribution in [0.5, 0.6) is 5.75 Å². The number of carbonyl (C=O) groups excluding carboxylic acids is 3. The van der Waals surface area contributed by atoms with Gasteiger partial charge in [0.15, 0.2) is 6.10 Å². The van der Waals surface area contributed by atoms with E-state index in [9.17, 15) is 42.2 Å². The Hall–Kier alpha value is -4.45. The van der Waals surface area contributed by atoms with Gasteiger partial charge in [0.1, 0.15) is 18.0 Å². The molecular weight excluding hydrogens is 570 g/mol. The molecule has 0 bridgehead atoms. The quantitative estimate of drug-likeness (QED) is 0.279. The molecule has 8 nitrogen and oxygen atoms in total. The minimum atomic E-state index is -4.65. The first kappa shape index (κ1) is 31.5. The maximum atomic E-state index is 14.6. The summed E-state index contributed by atoms with van der Waals surface area (Å²) in [5, 5.41) is 26.2. The first-order valence-corrected chi connectivity index (χ1v) is 13.6. The van der Waals surface area contributed by atoms with Gasteiger partial charge in [0.2, 0.25) is 5.91 Å². The van der Waals surface area contributed by atoms with Gasteiger partial charge in [0.05, 0.1) is 18.2 Å². The number of aromatic hydroxyl groups is 1. The molecule has 43 heavy (non-hydrogen) atoms. The highest BCUT2D eigenvalue weighted by Gasteiger charge is 2.43. The number of phenolic OH excluding ortho intramolecular Hbond substituents is 1. The SMILES string of the molecule is Cc1c(O)cccc1C(=O)NC(Cc1ccccc1)C(O)C(=O)N1CC(F)CC1C(=O)NCc1ccccc1C(F)(F)F. The summed E-state index contributed by atoms with van der Waals surface area (Å²) in [4.78, 5) is 40.6. The molecule has 1 fully saturated rings. The first-order valence-electron chi connectivity index (χ1n) is 13.6. The van der Waals surface area contributed by atoms with Gasteiger partial charge in [-0.1, -0.05) is 54.6 Å². The fourth-order valence-electron chi connectivity index (χ4n) is 5.10. The molecule has 3 amide bonds. The largest absolute Gasteiger partial charge is 0.508 e. The number of nitrogens with zero attached hydrogens (tertiary/aromatic N) is 1. The zero-order valence-corrected chi connectivity index (χ0v) is 23.1. The fraction of sp³-hybridized carbons (Fsp3) is 0.323. The van der Waals surface area contributed by atoms with Crippen molar-refractivity contribution in [1.29, 1.82) is 0 Å². The van der Waals surface area contributed by atoms with Crippen molar-refractivity contribution >= 4 is 17.7 Å². The minimum Gasteiger partial charge on any atom is -0.508 e. The van der Waals surface area contributed by atoms with Crippen molar-refractivity contribution in [3.05, 3.63) is 101 Å². The van der Waals surface area contributed by atoms with Crippen LogP contribution in [-0.4, -0.2) is 63.7 Å². The highest BCUT2D eigenvalue weighted by molar-refractivity contribution is 5.97. The van der Waals surface area contributed by atoms with Gasteiger partial charge in [0, 0.05) is 24.1 Å². The molecule has 4 N–H and O–H groups in total. The molecule has 4 unspecified atom stereocenters. The number of hydrogen-bond donors (Lipinski definition) is 4. The number of nitrogens with one attached hydrogen (secondary N) is 2. The predicted molar refractivity (Wildman–Crippen MR) is 149 cm³/mol. The van der Waals surface area contributed by atoms with Gasteiger partial charge in [-0.15, -0.1) is 0 Å². The van der Waals surface area contributed by atoms with E-state index in [1.54, 1.807) is 30.3 Å². The maximum absolute atomic E-state index is 14.6. The Kier molecular flexibility index (Phi) is 9.70. The van der Waals surface area contributed by atoms with E-state index in [1.165, 1.54) is 43.3 Å². The summed E-state index contributed by atoms with van der Waals surface area (Å²) in [6, 6.07) is 15.1. The standard InChI is InChI=1S/C31H31F4N3O5/c1-18-22(11-7-13-26(18)39)28(41)37-24(14-19-8-3-2-4-9-19)27(40)30(43)38-17-21(32)15-25(38)29(42)36-16-20-10-5-6-12-23(20)31(33,34)35/h2-13,21,24-25,27,39-40H,14-17H2,1H3,(H,36,42)(H,37,41). The van der Waals surface area contributed by atoms with E-state index in [1.807, 2.05) is 0 Å². The lowest BCUT2D eigenvalue weighted by molar-refractivity contribution is -0.146. The summed E-state index contributed by atoms with van der Waals surface area (Å²) in [5.74, 6) is -2.70. The number of rotatable bonds is 9. The van der Waals surface area contributed by atoms with Gasteiger partial charge < -0.3 is 25.7 Å². The Labute approximate surface area is 245 Å². The van der Waals surface area contributed by atoms with Crippen LogP contribution in [-0.2, 0) is 28.7 Å². The van der Waals surface area contributed by atoms with Crippen LogP contribution in [0.25, 0.3) is 0 Å². The highest BCUT2D eigenvalue weighted by atomic mass is 19.4. The number of carbonyl (C=O) groups is 3. The number of hydrogen-bond acceptors (Lipinski definition) is 5. The Morgan fingerprint density at radius 1 is 1.00 bits per heavy atom. The summed E-state index contributed by atoms with van der Waals surface area (Å²) in [7, 11) is 0. The molecule has 12 heteroatoms. The van der Waals surface area contributed by atoms with Gasteiger partial charge in [-0.2, -0.15) is 13.2 Å². The number of halogens is 4. The van der Waals surface area contributed by atoms with Crippen LogP contribution in [0.15, 0.2) is 72.8 Å². The molecule has 1 aliphatic heterocycles. The summed E-state index contributed by atoms with van der Waals surface area (Å²) >= 11 is 0.